The van der Waals surface area contributed by atoms with Crippen LogP contribution in [0.1, 0.15) is 20.8 Å². The van der Waals surface area contributed by atoms with Crippen LogP contribution in [0.25, 0.3) is 5.00 Å². The maximum atomic E-state index is 13.4. The average molecular weight is 362 g/mol. The van der Waals surface area contributed by atoms with Crippen LogP contribution in [0, 0.1) is 19.8 Å². The lowest BCUT2D eigenvalue weighted by Crippen LogP contribution is -2.39. The van der Waals surface area contributed by atoms with Crippen LogP contribution in [0.15, 0.2) is 24.5 Å². The van der Waals surface area contributed by atoms with E-state index in [9.17, 15) is 4.79 Å². The molecule has 0 spiro atoms. The number of carbonyl (C=O) groups is 1. The molecule has 3 heterocycles. The Balaban J connectivity index is 1.89. The highest BCUT2D eigenvalue weighted by Gasteiger charge is 2.28. The predicted molar refractivity (Wildman–Crippen MR) is 102 cm³/mol. The molecule has 1 aliphatic rings. The number of amides is 1. The predicted octanol–water partition coefficient (Wildman–Crippen LogP) is 2.81. The first-order valence-electron chi connectivity index (χ1n) is 8.72. The molecule has 0 unspecified atom stereocenters. The van der Waals surface area contributed by atoms with Gasteiger partial charge in [0.05, 0.1) is 18.8 Å². The van der Waals surface area contributed by atoms with Gasteiger partial charge in [0.25, 0.3) is 5.91 Å². The van der Waals surface area contributed by atoms with Crippen molar-refractivity contribution < 1.29 is 9.53 Å². The Morgan fingerprint density at radius 3 is 2.72 bits per heavy atom. The highest BCUT2D eigenvalue weighted by Crippen LogP contribution is 2.32. The van der Waals surface area contributed by atoms with Gasteiger partial charge in [-0.2, -0.15) is 0 Å². The Bertz CT molecular complexity index is 721. The molecule has 0 bridgehead atoms. The highest BCUT2D eigenvalue weighted by atomic mass is 32.1. The van der Waals surface area contributed by atoms with Crippen LogP contribution in [0.2, 0.25) is 0 Å². The van der Waals surface area contributed by atoms with Crippen molar-refractivity contribution in [1.29, 1.82) is 0 Å². The summed E-state index contributed by atoms with van der Waals surface area (Å²) in [5, 5.41) is 1.01. The first-order chi connectivity index (χ1) is 12.0. The summed E-state index contributed by atoms with van der Waals surface area (Å²) in [5.41, 5.74) is 1.93. The van der Waals surface area contributed by atoms with Crippen LogP contribution < -0.4 is 0 Å². The molecule has 1 aliphatic heterocycles. The first kappa shape index (κ1) is 18.2. The van der Waals surface area contributed by atoms with E-state index in [0.29, 0.717) is 25.7 Å². The summed E-state index contributed by atoms with van der Waals surface area (Å²) >= 11 is 1.68. The molecule has 0 aromatic carbocycles. The van der Waals surface area contributed by atoms with E-state index in [1.54, 1.807) is 11.3 Å². The minimum absolute atomic E-state index is 0.125. The van der Waals surface area contributed by atoms with Crippen LogP contribution in [-0.2, 0) is 4.74 Å². The summed E-state index contributed by atoms with van der Waals surface area (Å²) < 4.78 is 7.78. The van der Waals surface area contributed by atoms with Crippen LogP contribution >= 0.6 is 11.3 Å². The molecule has 25 heavy (non-hydrogen) atoms. The number of carbonyl (C=O) groups excluding carboxylic acids is 1. The lowest BCUT2D eigenvalue weighted by molar-refractivity contribution is 0.0735. The van der Waals surface area contributed by atoms with Gasteiger partial charge in [-0.1, -0.05) is 0 Å². The molecule has 0 aliphatic carbocycles. The monoisotopic (exact) mass is 361 g/mol. The maximum Gasteiger partial charge on any atom is 0.257 e. The third-order valence-corrected chi connectivity index (χ3v) is 5.89. The average Bonchev–Trinajstić information content (AvgIpc) is 3.11. The Morgan fingerprint density at radius 2 is 2.04 bits per heavy atom. The number of nitrogens with zero attached hydrogens (tertiary/aromatic N) is 3. The molecular formula is C19H27N3O2S. The van der Waals surface area contributed by atoms with Gasteiger partial charge in [0.1, 0.15) is 5.00 Å². The molecule has 0 saturated carbocycles. The fraction of sp³-hybridized carbons (Fsp3) is 0.526. The third kappa shape index (κ3) is 3.97. The van der Waals surface area contributed by atoms with Crippen molar-refractivity contribution in [3.8, 4) is 5.00 Å². The summed E-state index contributed by atoms with van der Waals surface area (Å²) in [6, 6.07) is 3.98. The molecule has 1 atom stereocenters. The topological polar surface area (TPSA) is 37.7 Å². The Kier molecular flexibility index (Phi) is 5.61. The molecule has 5 nitrogen and oxygen atoms in total. The summed E-state index contributed by atoms with van der Waals surface area (Å²) in [7, 11) is 4.13. The van der Waals surface area contributed by atoms with Crippen molar-refractivity contribution in [2.24, 2.45) is 5.92 Å². The van der Waals surface area contributed by atoms with Crippen molar-refractivity contribution in [2.45, 2.75) is 13.8 Å². The number of thiophene rings is 1. The number of aryl methyl sites for hydroxylation is 1. The number of rotatable bonds is 4. The molecule has 1 saturated heterocycles. The minimum Gasteiger partial charge on any atom is -0.379 e. The van der Waals surface area contributed by atoms with Crippen LogP contribution in [0.4, 0.5) is 0 Å². The molecule has 136 valence electrons. The lowest BCUT2D eigenvalue weighted by Gasteiger charge is -2.26. The van der Waals surface area contributed by atoms with E-state index in [0.717, 1.165) is 29.2 Å². The molecule has 1 fully saturated rings. The molecule has 2 aromatic heterocycles. The second-order valence-electron chi connectivity index (χ2n) is 7.01. The second-order valence-corrected chi connectivity index (χ2v) is 8.21. The van der Waals surface area contributed by atoms with Crippen molar-refractivity contribution in [3.05, 3.63) is 40.5 Å². The normalized spacial score (nSPS) is 18.6. The van der Waals surface area contributed by atoms with Crippen LogP contribution in [0.5, 0.6) is 0 Å². The smallest absolute Gasteiger partial charge is 0.257 e. The lowest BCUT2D eigenvalue weighted by atomic mass is 10.1. The summed E-state index contributed by atoms with van der Waals surface area (Å²) in [6.07, 6.45) is 4.00. The van der Waals surface area contributed by atoms with Crippen LogP contribution in [0.3, 0.4) is 0 Å². The largest absolute Gasteiger partial charge is 0.379 e. The van der Waals surface area contributed by atoms with Crippen molar-refractivity contribution in [2.75, 3.05) is 46.9 Å². The zero-order valence-corrected chi connectivity index (χ0v) is 16.3. The summed E-state index contributed by atoms with van der Waals surface area (Å²) in [5.74, 6) is 0.469. The standard InChI is InChI=1S/C19H27N3O2S/c1-14-15(2)25-19(21-7-5-6-8-21)17(14)18(23)22-9-10-24-13-16(12-22)11-20(3)4/h5-8,16H,9-13H2,1-4H3/t16-/m0/s1. The zero-order valence-electron chi connectivity index (χ0n) is 15.5. The quantitative estimate of drug-likeness (QED) is 0.840. The van der Waals surface area contributed by atoms with E-state index in [-0.39, 0.29) is 5.91 Å². The molecular weight excluding hydrogens is 334 g/mol. The first-order valence-corrected chi connectivity index (χ1v) is 9.54. The molecule has 1 amide bonds. The van der Waals surface area contributed by atoms with E-state index >= 15 is 0 Å². The van der Waals surface area contributed by atoms with Crippen molar-refractivity contribution in [3.63, 3.8) is 0 Å². The van der Waals surface area contributed by atoms with Gasteiger partial charge >= 0.3 is 0 Å². The Hall–Kier alpha value is -1.63. The highest BCUT2D eigenvalue weighted by molar-refractivity contribution is 7.15. The van der Waals surface area contributed by atoms with Gasteiger partial charge in [0.15, 0.2) is 0 Å². The minimum atomic E-state index is 0.125. The second kappa shape index (κ2) is 7.72. The fourth-order valence-electron chi connectivity index (χ4n) is 3.36. The molecule has 0 radical (unpaired) electrons. The summed E-state index contributed by atoms with van der Waals surface area (Å²) in [4.78, 5) is 18.7. The Morgan fingerprint density at radius 1 is 1.32 bits per heavy atom. The Labute approximate surface area is 153 Å². The SMILES string of the molecule is Cc1sc(-n2cccc2)c(C(=O)N2CCOC[C@@H](CN(C)C)C2)c1C. The summed E-state index contributed by atoms with van der Waals surface area (Å²) in [6.45, 7) is 7.79. The van der Waals surface area contributed by atoms with Gasteiger partial charge in [0.2, 0.25) is 0 Å². The molecule has 0 N–H and O–H groups in total. The van der Waals surface area contributed by atoms with Crippen molar-refractivity contribution >= 4 is 17.2 Å². The van der Waals surface area contributed by atoms with Gasteiger partial charge in [-0.15, -0.1) is 11.3 Å². The maximum absolute atomic E-state index is 13.4. The number of hydrogen-bond donors (Lipinski definition) is 0. The van der Waals surface area contributed by atoms with Gasteiger partial charge in [-0.05, 0) is 45.6 Å². The van der Waals surface area contributed by atoms with Gasteiger partial charge in [-0.3, -0.25) is 4.79 Å². The van der Waals surface area contributed by atoms with Crippen molar-refractivity contribution in [1.82, 2.24) is 14.4 Å². The fourth-order valence-corrected chi connectivity index (χ4v) is 4.48. The van der Waals surface area contributed by atoms with E-state index in [1.807, 2.05) is 34.0 Å². The van der Waals surface area contributed by atoms with E-state index in [4.69, 9.17) is 4.74 Å². The molecule has 6 heteroatoms. The van der Waals surface area contributed by atoms with Crippen LogP contribution in [-0.4, -0.2) is 67.2 Å². The van der Waals surface area contributed by atoms with Gasteiger partial charge in [-0.25, -0.2) is 0 Å². The number of hydrogen-bond acceptors (Lipinski definition) is 4. The zero-order chi connectivity index (χ0) is 18.0. The van der Waals surface area contributed by atoms with Gasteiger partial charge in [0, 0.05) is 42.8 Å². The molecule has 2 aromatic rings. The van der Waals surface area contributed by atoms with E-state index < -0.39 is 0 Å². The molecule has 3 rings (SSSR count). The van der Waals surface area contributed by atoms with E-state index in [1.165, 1.54) is 4.88 Å². The number of aromatic nitrogens is 1. The van der Waals surface area contributed by atoms with E-state index in [2.05, 4.69) is 32.8 Å². The number of ether oxygens (including phenoxy) is 1. The van der Waals surface area contributed by atoms with Gasteiger partial charge < -0.3 is 19.1 Å². The third-order valence-electron chi connectivity index (χ3n) is 4.67.